The molecule has 1 saturated carbocycles. The molecule has 1 aromatic carbocycles. The number of rotatable bonds is 0. The smallest absolute Gasteiger partial charge is 0.158 e. The van der Waals surface area contributed by atoms with Gasteiger partial charge in [-0.05, 0) is 18.1 Å². The summed E-state index contributed by atoms with van der Waals surface area (Å²) in [6.07, 6.45) is 2.64. The number of Topliss-reactive ketones (excluding diaryl/α,β-unsaturated/α-hetero) is 1. The van der Waals surface area contributed by atoms with Crippen molar-refractivity contribution in [3.05, 3.63) is 29.8 Å². The van der Waals surface area contributed by atoms with E-state index in [-0.39, 0.29) is 5.54 Å². The van der Waals surface area contributed by atoms with Crippen LogP contribution in [-0.4, -0.2) is 11.3 Å². The highest BCUT2D eigenvalue weighted by Crippen LogP contribution is 2.41. The van der Waals surface area contributed by atoms with Crippen molar-refractivity contribution in [1.82, 2.24) is 0 Å². The Kier molecular flexibility index (Phi) is 1.17. The standard InChI is InChI=1S/C11H11NO/c13-10-5-6-11(10)7-8-3-1-2-4-9(8)12-11/h1-4,12H,5-7H2. The number of nitrogens with one attached hydrogen (secondary N) is 1. The monoisotopic (exact) mass is 173 g/mol. The summed E-state index contributed by atoms with van der Waals surface area (Å²) >= 11 is 0. The van der Waals surface area contributed by atoms with E-state index in [1.165, 1.54) is 5.56 Å². The van der Waals surface area contributed by atoms with Gasteiger partial charge in [-0.3, -0.25) is 4.79 Å². The lowest BCUT2D eigenvalue weighted by atomic mass is 9.74. The summed E-state index contributed by atoms with van der Waals surface area (Å²) in [7, 11) is 0. The molecule has 1 atom stereocenters. The van der Waals surface area contributed by atoms with Crippen LogP contribution in [-0.2, 0) is 11.2 Å². The van der Waals surface area contributed by atoms with E-state index in [0.29, 0.717) is 5.78 Å². The first-order valence-corrected chi connectivity index (χ1v) is 4.70. The highest BCUT2D eigenvalue weighted by molar-refractivity contribution is 5.99. The first-order chi connectivity index (χ1) is 6.30. The average molecular weight is 173 g/mol. The van der Waals surface area contributed by atoms with Crippen LogP contribution in [0.1, 0.15) is 18.4 Å². The van der Waals surface area contributed by atoms with Crippen molar-refractivity contribution in [1.29, 1.82) is 0 Å². The van der Waals surface area contributed by atoms with Crippen molar-refractivity contribution >= 4 is 11.5 Å². The molecule has 2 aliphatic rings. The largest absolute Gasteiger partial charge is 0.372 e. The van der Waals surface area contributed by atoms with Crippen molar-refractivity contribution in [3.8, 4) is 0 Å². The quantitative estimate of drug-likeness (QED) is 0.647. The van der Waals surface area contributed by atoms with E-state index >= 15 is 0 Å². The van der Waals surface area contributed by atoms with Gasteiger partial charge in [0.15, 0.2) is 5.78 Å². The Balaban J connectivity index is 2.01. The van der Waals surface area contributed by atoms with Gasteiger partial charge in [-0.25, -0.2) is 0 Å². The molecule has 1 spiro atoms. The molecule has 1 heterocycles. The number of carbonyl (C=O) groups excluding carboxylic acids is 1. The summed E-state index contributed by atoms with van der Waals surface area (Å²) in [5.74, 6) is 0.378. The fourth-order valence-electron chi connectivity index (χ4n) is 2.27. The third-order valence-electron chi connectivity index (χ3n) is 3.20. The van der Waals surface area contributed by atoms with Gasteiger partial charge in [0.1, 0.15) is 5.54 Å². The molecule has 66 valence electrons. The second-order valence-corrected chi connectivity index (χ2v) is 3.96. The summed E-state index contributed by atoms with van der Waals surface area (Å²) in [5, 5.41) is 3.35. The van der Waals surface area contributed by atoms with Gasteiger partial charge in [0, 0.05) is 18.5 Å². The molecule has 0 bridgehead atoms. The van der Waals surface area contributed by atoms with Gasteiger partial charge in [-0.2, -0.15) is 0 Å². The van der Waals surface area contributed by atoms with Gasteiger partial charge in [-0.15, -0.1) is 0 Å². The fourth-order valence-corrected chi connectivity index (χ4v) is 2.27. The Morgan fingerprint density at radius 2 is 2.15 bits per heavy atom. The predicted octanol–water partition coefficient (Wildman–Crippen LogP) is 1.76. The first-order valence-electron chi connectivity index (χ1n) is 4.70. The van der Waals surface area contributed by atoms with Gasteiger partial charge in [0.05, 0.1) is 0 Å². The topological polar surface area (TPSA) is 29.1 Å². The van der Waals surface area contributed by atoms with Crippen LogP contribution in [0.3, 0.4) is 0 Å². The highest BCUT2D eigenvalue weighted by atomic mass is 16.1. The molecule has 1 aliphatic carbocycles. The number of ketones is 1. The molecule has 0 radical (unpaired) electrons. The highest BCUT2D eigenvalue weighted by Gasteiger charge is 2.49. The summed E-state index contributed by atoms with van der Waals surface area (Å²) in [6.45, 7) is 0. The van der Waals surface area contributed by atoms with Gasteiger partial charge in [0.2, 0.25) is 0 Å². The summed E-state index contributed by atoms with van der Waals surface area (Å²) in [5.41, 5.74) is 2.23. The van der Waals surface area contributed by atoms with E-state index in [0.717, 1.165) is 24.9 Å². The van der Waals surface area contributed by atoms with Crippen LogP contribution in [0.5, 0.6) is 0 Å². The minimum atomic E-state index is -0.205. The SMILES string of the molecule is O=C1CCC12Cc1ccccc1N2. The lowest BCUT2D eigenvalue weighted by Gasteiger charge is -2.36. The number of para-hydroxylation sites is 1. The molecule has 1 fully saturated rings. The third-order valence-corrected chi connectivity index (χ3v) is 3.20. The average Bonchev–Trinajstić information content (AvgIpc) is 2.57. The van der Waals surface area contributed by atoms with Crippen LogP contribution in [0.15, 0.2) is 24.3 Å². The van der Waals surface area contributed by atoms with Crippen molar-refractivity contribution in [2.45, 2.75) is 24.8 Å². The molecule has 1 aliphatic heterocycles. The van der Waals surface area contributed by atoms with Crippen LogP contribution >= 0.6 is 0 Å². The second kappa shape index (κ2) is 2.13. The van der Waals surface area contributed by atoms with Gasteiger partial charge < -0.3 is 5.32 Å². The molecule has 0 saturated heterocycles. The van der Waals surface area contributed by atoms with E-state index < -0.39 is 0 Å². The molecule has 0 aromatic heterocycles. The molecule has 1 unspecified atom stereocenters. The summed E-state index contributed by atoms with van der Waals surface area (Å²) in [4.78, 5) is 11.5. The zero-order chi connectivity index (χ0) is 8.89. The van der Waals surface area contributed by atoms with Crippen LogP contribution in [0.25, 0.3) is 0 Å². The molecule has 3 rings (SSSR count). The van der Waals surface area contributed by atoms with E-state index in [1.54, 1.807) is 0 Å². The number of hydrogen-bond donors (Lipinski definition) is 1. The second-order valence-electron chi connectivity index (χ2n) is 3.96. The normalized spacial score (nSPS) is 29.7. The summed E-state index contributed by atoms with van der Waals surface area (Å²) < 4.78 is 0. The number of carbonyl (C=O) groups is 1. The van der Waals surface area contributed by atoms with E-state index in [1.807, 2.05) is 12.1 Å². The maximum atomic E-state index is 11.5. The molecular formula is C11H11NO. The van der Waals surface area contributed by atoms with E-state index in [4.69, 9.17) is 0 Å². The maximum absolute atomic E-state index is 11.5. The zero-order valence-corrected chi connectivity index (χ0v) is 7.34. The number of fused-ring (bicyclic) bond motifs is 1. The maximum Gasteiger partial charge on any atom is 0.158 e. The van der Waals surface area contributed by atoms with Crippen molar-refractivity contribution in [2.24, 2.45) is 0 Å². The lowest BCUT2D eigenvalue weighted by molar-refractivity contribution is -0.129. The molecule has 13 heavy (non-hydrogen) atoms. The first kappa shape index (κ1) is 7.13. The van der Waals surface area contributed by atoms with Crippen molar-refractivity contribution in [2.75, 3.05) is 5.32 Å². The van der Waals surface area contributed by atoms with Gasteiger partial charge >= 0.3 is 0 Å². The Labute approximate surface area is 77.0 Å². The van der Waals surface area contributed by atoms with Crippen molar-refractivity contribution < 1.29 is 4.79 Å². The third kappa shape index (κ3) is 0.804. The minimum absolute atomic E-state index is 0.205. The number of hydrogen-bond acceptors (Lipinski definition) is 2. The molecule has 2 heteroatoms. The van der Waals surface area contributed by atoms with Crippen LogP contribution in [0.4, 0.5) is 5.69 Å². The Bertz CT molecular complexity index is 358. The molecule has 2 nitrogen and oxygen atoms in total. The molecular weight excluding hydrogens is 162 g/mol. The number of benzene rings is 1. The van der Waals surface area contributed by atoms with Gasteiger partial charge in [0.25, 0.3) is 0 Å². The minimum Gasteiger partial charge on any atom is -0.372 e. The Morgan fingerprint density at radius 1 is 1.31 bits per heavy atom. The van der Waals surface area contributed by atoms with Crippen LogP contribution in [0.2, 0.25) is 0 Å². The molecule has 0 amide bonds. The lowest BCUT2D eigenvalue weighted by Crippen LogP contribution is -2.53. The van der Waals surface area contributed by atoms with Crippen molar-refractivity contribution in [3.63, 3.8) is 0 Å². The Hall–Kier alpha value is -1.31. The van der Waals surface area contributed by atoms with E-state index in [9.17, 15) is 4.79 Å². The predicted molar refractivity (Wildman–Crippen MR) is 50.7 cm³/mol. The summed E-state index contributed by atoms with van der Waals surface area (Å²) in [6, 6.07) is 8.19. The molecule has 1 aromatic rings. The van der Waals surface area contributed by atoms with Crippen LogP contribution in [0, 0.1) is 0 Å². The fraction of sp³-hybridized carbons (Fsp3) is 0.364. The van der Waals surface area contributed by atoms with Gasteiger partial charge in [-0.1, -0.05) is 18.2 Å². The zero-order valence-electron chi connectivity index (χ0n) is 7.34. The van der Waals surface area contributed by atoms with E-state index in [2.05, 4.69) is 17.4 Å². The van der Waals surface area contributed by atoms with Crippen LogP contribution < -0.4 is 5.32 Å². The number of anilines is 1. The molecule has 1 N–H and O–H groups in total. The Morgan fingerprint density at radius 3 is 2.77 bits per heavy atom.